The zero-order valence-corrected chi connectivity index (χ0v) is 13.0. The summed E-state index contributed by atoms with van der Waals surface area (Å²) in [4.78, 5) is 21.3. The molecule has 6 nitrogen and oxygen atoms in total. The summed E-state index contributed by atoms with van der Waals surface area (Å²) in [5.74, 6) is -1.55. The molecule has 0 unspecified atom stereocenters. The zero-order valence-electron chi connectivity index (χ0n) is 11.6. The number of carboxylic acid groups (broad SMARTS) is 1. The number of carboxylic acids is 1. The summed E-state index contributed by atoms with van der Waals surface area (Å²) in [6.07, 6.45) is 2.70. The van der Waals surface area contributed by atoms with Gasteiger partial charge in [0, 0.05) is 31.9 Å². The number of nitrogens with one attached hydrogen (secondary N) is 1. The van der Waals surface area contributed by atoms with E-state index in [0.29, 0.717) is 19.8 Å². The van der Waals surface area contributed by atoms with E-state index >= 15 is 0 Å². The van der Waals surface area contributed by atoms with Crippen molar-refractivity contribution in [3.8, 4) is 0 Å². The Morgan fingerprint density at radius 3 is 2.42 bits per heavy atom. The molecule has 0 bridgehead atoms. The summed E-state index contributed by atoms with van der Waals surface area (Å²) in [5, 5.41) is 11.0. The minimum Gasteiger partial charge on any atom is -0.478 e. The first-order valence-corrected chi connectivity index (χ1v) is 8.33. The number of rotatable bonds is 11. The minimum absolute atomic E-state index is 0.0439. The average molecular weight is 289 g/mol. The SMILES string of the molecule is CCOC(OCC)[SiH2]CCCNC(=O)/C=C\C(=O)O. The minimum atomic E-state index is -1.13. The van der Waals surface area contributed by atoms with Gasteiger partial charge in [0.1, 0.15) is 5.91 Å². The molecule has 110 valence electrons. The fourth-order valence-electron chi connectivity index (χ4n) is 1.44. The Morgan fingerprint density at radius 1 is 1.26 bits per heavy atom. The van der Waals surface area contributed by atoms with E-state index in [1.807, 2.05) is 13.8 Å². The highest BCUT2D eigenvalue weighted by Crippen LogP contribution is 1.98. The Bertz CT molecular complexity index is 290. The first kappa shape index (κ1) is 17.8. The van der Waals surface area contributed by atoms with E-state index in [1.165, 1.54) is 0 Å². The first-order valence-electron chi connectivity index (χ1n) is 6.52. The van der Waals surface area contributed by atoms with Crippen LogP contribution in [-0.2, 0) is 19.1 Å². The molecule has 0 aliphatic carbocycles. The van der Waals surface area contributed by atoms with Crippen molar-refractivity contribution in [1.82, 2.24) is 5.32 Å². The van der Waals surface area contributed by atoms with Gasteiger partial charge in [0.05, 0.1) is 9.52 Å². The molecule has 0 radical (unpaired) electrons. The van der Waals surface area contributed by atoms with E-state index in [2.05, 4.69) is 5.32 Å². The normalized spacial score (nSPS) is 11.7. The highest BCUT2D eigenvalue weighted by atomic mass is 28.2. The second-order valence-electron chi connectivity index (χ2n) is 3.80. The molecular weight excluding hydrogens is 266 g/mol. The van der Waals surface area contributed by atoms with Crippen LogP contribution < -0.4 is 5.32 Å². The van der Waals surface area contributed by atoms with Crippen LogP contribution in [0.1, 0.15) is 20.3 Å². The van der Waals surface area contributed by atoms with Crippen molar-refractivity contribution in [3.05, 3.63) is 12.2 Å². The number of hydrogen-bond donors (Lipinski definition) is 2. The molecule has 0 saturated heterocycles. The number of carbonyl (C=O) groups excluding carboxylic acids is 1. The number of carbonyl (C=O) groups is 2. The van der Waals surface area contributed by atoms with Gasteiger partial charge in [-0.1, -0.05) is 6.04 Å². The Labute approximate surface area is 116 Å². The van der Waals surface area contributed by atoms with Gasteiger partial charge in [0.2, 0.25) is 5.91 Å². The van der Waals surface area contributed by atoms with Crippen LogP contribution >= 0.6 is 0 Å². The molecule has 0 aliphatic heterocycles. The van der Waals surface area contributed by atoms with Gasteiger partial charge in [-0.05, 0) is 20.3 Å². The Hall–Kier alpha value is -1.18. The Morgan fingerprint density at radius 2 is 1.89 bits per heavy atom. The van der Waals surface area contributed by atoms with Gasteiger partial charge >= 0.3 is 5.97 Å². The summed E-state index contributed by atoms with van der Waals surface area (Å²) in [5.41, 5.74) is 0. The van der Waals surface area contributed by atoms with Gasteiger partial charge in [-0.3, -0.25) is 4.79 Å². The molecule has 0 spiro atoms. The molecule has 0 heterocycles. The molecular formula is C12H23NO5Si. The van der Waals surface area contributed by atoms with Crippen LogP contribution in [0.4, 0.5) is 0 Å². The first-order chi connectivity index (χ1) is 9.10. The smallest absolute Gasteiger partial charge is 0.328 e. The van der Waals surface area contributed by atoms with E-state index in [-0.39, 0.29) is 11.8 Å². The summed E-state index contributed by atoms with van der Waals surface area (Å²) >= 11 is 0. The third-order valence-electron chi connectivity index (χ3n) is 2.25. The monoisotopic (exact) mass is 289 g/mol. The van der Waals surface area contributed by atoms with Crippen molar-refractivity contribution in [2.75, 3.05) is 19.8 Å². The summed E-state index contributed by atoms with van der Waals surface area (Å²) in [7, 11) is -0.474. The molecule has 0 fully saturated rings. The molecule has 0 aromatic carbocycles. The van der Waals surface area contributed by atoms with Crippen molar-refractivity contribution in [3.63, 3.8) is 0 Å². The maximum absolute atomic E-state index is 11.2. The highest BCUT2D eigenvalue weighted by molar-refractivity contribution is 6.36. The van der Waals surface area contributed by atoms with Crippen molar-refractivity contribution in [1.29, 1.82) is 0 Å². The Balaban J connectivity index is 3.62. The van der Waals surface area contributed by atoms with Gasteiger partial charge < -0.3 is 19.9 Å². The van der Waals surface area contributed by atoms with Gasteiger partial charge in [-0.25, -0.2) is 4.79 Å². The number of ether oxygens (including phenoxy) is 2. The van der Waals surface area contributed by atoms with Crippen molar-refractivity contribution < 1.29 is 24.2 Å². The van der Waals surface area contributed by atoms with Crippen molar-refractivity contribution >= 4 is 21.4 Å². The van der Waals surface area contributed by atoms with Crippen LogP contribution in [0.25, 0.3) is 0 Å². The average Bonchev–Trinajstić information content (AvgIpc) is 2.36. The number of amides is 1. The predicted octanol–water partition coefficient (Wildman–Crippen LogP) is 0.0772. The zero-order chi connectivity index (χ0) is 14.5. The lowest BCUT2D eigenvalue weighted by atomic mass is 10.4. The van der Waals surface area contributed by atoms with Crippen LogP contribution in [0, 0.1) is 0 Å². The van der Waals surface area contributed by atoms with Gasteiger partial charge in [0.25, 0.3) is 0 Å². The van der Waals surface area contributed by atoms with E-state index in [1.54, 1.807) is 0 Å². The molecule has 2 N–H and O–H groups in total. The second kappa shape index (κ2) is 11.9. The molecule has 7 heteroatoms. The molecule has 0 saturated carbocycles. The molecule has 0 atom stereocenters. The topological polar surface area (TPSA) is 84.9 Å². The van der Waals surface area contributed by atoms with E-state index in [4.69, 9.17) is 14.6 Å². The van der Waals surface area contributed by atoms with E-state index in [0.717, 1.165) is 24.6 Å². The van der Waals surface area contributed by atoms with Gasteiger partial charge in [0.15, 0.2) is 0 Å². The van der Waals surface area contributed by atoms with Crippen LogP contribution in [-0.4, -0.2) is 52.2 Å². The molecule has 19 heavy (non-hydrogen) atoms. The lowest BCUT2D eigenvalue weighted by Gasteiger charge is -2.16. The quantitative estimate of drug-likeness (QED) is 0.243. The maximum Gasteiger partial charge on any atom is 0.328 e. The van der Waals surface area contributed by atoms with E-state index in [9.17, 15) is 9.59 Å². The fraction of sp³-hybridized carbons (Fsp3) is 0.667. The molecule has 0 aromatic heterocycles. The fourth-order valence-corrected chi connectivity index (χ4v) is 3.12. The predicted molar refractivity (Wildman–Crippen MR) is 74.8 cm³/mol. The maximum atomic E-state index is 11.2. The highest BCUT2D eigenvalue weighted by Gasteiger charge is 2.07. The van der Waals surface area contributed by atoms with Crippen LogP contribution in [0.15, 0.2) is 12.2 Å². The van der Waals surface area contributed by atoms with Crippen LogP contribution in [0.5, 0.6) is 0 Å². The third-order valence-corrected chi connectivity index (χ3v) is 4.10. The summed E-state index contributed by atoms with van der Waals surface area (Å²) in [6.45, 7) is 5.72. The van der Waals surface area contributed by atoms with Crippen molar-refractivity contribution in [2.24, 2.45) is 0 Å². The van der Waals surface area contributed by atoms with Crippen molar-refractivity contribution in [2.45, 2.75) is 32.2 Å². The molecule has 0 rings (SSSR count). The molecule has 0 aliphatic rings. The molecule has 0 aromatic rings. The largest absolute Gasteiger partial charge is 0.478 e. The number of aliphatic carboxylic acids is 1. The van der Waals surface area contributed by atoms with Gasteiger partial charge in [-0.15, -0.1) is 0 Å². The summed E-state index contributed by atoms with van der Waals surface area (Å²) in [6, 6.07) is 1.01. The van der Waals surface area contributed by atoms with E-state index < -0.39 is 15.5 Å². The Kier molecular flexibility index (Phi) is 11.1. The van der Waals surface area contributed by atoms with Crippen LogP contribution in [0.2, 0.25) is 6.04 Å². The lowest BCUT2D eigenvalue weighted by Crippen LogP contribution is -2.26. The number of hydrogen-bond acceptors (Lipinski definition) is 4. The lowest BCUT2D eigenvalue weighted by molar-refractivity contribution is -0.131. The molecule has 1 amide bonds. The summed E-state index contributed by atoms with van der Waals surface area (Å²) < 4.78 is 10.9. The van der Waals surface area contributed by atoms with Gasteiger partial charge in [-0.2, -0.15) is 0 Å². The second-order valence-corrected chi connectivity index (χ2v) is 5.75. The third kappa shape index (κ3) is 11.6. The standard InChI is InChI=1S/C12H23NO5Si/c1-3-17-12(18-4-2)19-9-5-8-13-10(14)6-7-11(15)16/h6-7,12H,3-5,8-9,19H2,1-2H3,(H,13,14)(H,15,16)/b7-6-. The van der Waals surface area contributed by atoms with Crippen LogP contribution in [0.3, 0.4) is 0 Å².